The van der Waals surface area contributed by atoms with Crippen molar-refractivity contribution in [2.24, 2.45) is 17.8 Å². The largest absolute Gasteiger partial charge is 0.344 e. The summed E-state index contributed by atoms with van der Waals surface area (Å²) < 4.78 is 17.5. The topological polar surface area (TPSA) is 129 Å². The molecule has 284 valence electrons. The van der Waals surface area contributed by atoms with E-state index in [1.54, 1.807) is 27.9 Å². The van der Waals surface area contributed by atoms with Crippen molar-refractivity contribution in [3.05, 3.63) is 83.4 Å². The Kier molecular flexibility index (Phi) is 12.6. The number of carbonyl (C=O) groups excluding carboxylic acids is 4. The fourth-order valence-corrected chi connectivity index (χ4v) is 7.71. The van der Waals surface area contributed by atoms with Crippen LogP contribution in [0.15, 0.2) is 60.8 Å². The molecule has 1 saturated heterocycles. The maximum Gasteiger partial charge on any atom is 0.270 e. The van der Waals surface area contributed by atoms with Crippen molar-refractivity contribution < 1.29 is 23.6 Å². The van der Waals surface area contributed by atoms with Crippen LogP contribution in [0.3, 0.4) is 0 Å². The van der Waals surface area contributed by atoms with Crippen LogP contribution in [-0.2, 0) is 27.5 Å². The van der Waals surface area contributed by atoms with Gasteiger partial charge in [-0.3, -0.25) is 28.8 Å². The third kappa shape index (κ3) is 9.90. The molecular formula is C41H54FN7O4. The minimum Gasteiger partial charge on any atom is -0.344 e. The quantitative estimate of drug-likeness (QED) is 0.206. The van der Waals surface area contributed by atoms with E-state index in [9.17, 15) is 19.2 Å². The molecule has 6 rings (SSSR count). The summed E-state index contributed by atoms with van der Waals surface area (Å²) in [4.78, 5) is 58.4. The minimum absolute atomic E-state index is 0.0110. The van der Waals surface area contributed by atoms with Crippen molar-refractivity contribution in [3.63, 3.8) is 0 Å². The molecule has 3 atom stereocenters. The molecule has 1 aliphatic heterocycles. The number of anilines is 1. The molecule has 2 aromatic carbocycles. The summed E-state index contributed by atoms with van der Waals surface area (Å²) >= 11 is 0. The molecule has 12 heteroatoms. The number of rotatable bonds is 14. The molecule has 11 nitrogen and oxygen atoms in total. The van der Waals surface area contributed by atoms with Crippen LogP contribution in [0.4, 0.5) is 10.1 Å². The summed E-state index contributed by atoms with van der Waals surface area (Å²) in [5.41, 5.74) is 2.11. The summed E-state index contributed by atoms with van der Waals surface area (Å²) in [6.45, 7) is 9.70. The molecule has 3 N–H and O–H groups in total. The third-order valence-corrected chi connectivity index (χ3v) is 11.3. The van der Waals surface area contributed by atoms with Gasteiger partial charge in [-0.05, 0) is 79.7 Å². The van der Waals surface area contributed by atoms with E-state index in [-0.39, 0.29) is 23.4 Å². The minimum atomic E-state index is -0.869. The average Bonchev–Trinajstić information content (AvgIpc) is 3.84. The van der Waals surface area contributed by atoms with Crippen molar-refractivity contribution in [1.29, 1.82) is 0 Å². The molecule has 0 spiro atoms. The number of hydrogen-bond acceptors (Lipinski definition) is 6. The van der Waals surface area contributed by atoms with E-state index in [2.05, 4.69) is 45.0 Å². The van der Waals surface area contributed by atoms with Gasteiger partial charge in [0.15, 0.2) is 0 Å². The number of benzene rings is 2. The number of halogens is 1. The number of piperazine rings is 1. The fraction of sp³-hybridized carbons (Fsp3) is 0.537. The number of aromatic nitrogens is 2. The Morgan fingerprint density at radius 3 is 2.28 bits per heavy atom. The summed E-state index contributed by atoms with van der Waals surface area (Å²) in [7, 11) is 0. The molecule has 3 aromatic rings. The lowest BCUT2D eigenvalue weighted by Crippen LogP contribution is -2.56. The number of aryl methyl sites for hydroxylation is 1. The molecule has 3 aliphatic rings. The second kappa shape index (κ2) is 17.5. The van der Waals surface area contributed by atoms with Crippen LogP contribution in [-0.4, -0.2) is 81.5 Å². The van der Waals surface area contributed by atoms with E-state index in [1.165, 1.54) is 17.7 Å². The van der Waals surface area contributed by atoms with E-state index in [1.807, 2.05) is 32.0 Å². The van der Waals surface area contributed by atoms with Gasteiger partial charge < -0.3 is 20.9 Å². The zero-order valence-corrected chi connectivity index (χ0v) is 31.2. The first kappa shape index (κ1) is 38.2. The maximum atomic E-state index is 15.9. The fourth-order valence-electron chi connectivity index (χ4n) is 7.71. The van der Waals surface area contributed by atoms with E-state index >= 15 is 4.39 Å². The lowest BCUT2D eigenvalue weighted by Gasteiger charge is -2.38. The Morgan fingerprint density at radius 1 is 0.906 bits per heavy atom. The Bertz CT molecular complexity index is 1730. The molecule has 2 saturated carbocycles. The Balaban J connectivity index is 1.14. The first-order valence-corrected chi connectivity index (χ1v) is 19.4. The Morgan fingerprint density at radius 2 is 1.62 bits per heavy atom. The maximum absolute atomic E-state index is 15.9. The van der Waals surface area contributed by atoms with Crippen LogP contribution in [0.5, 0.6) is 0 Å². The molecule has 2 heterocycles. The third-order valence-electron chi connectivity index (χ3n) is 11.3. The van der Waals surface area contributed by atoms with E-state index in [0.29, 0.717) is 62.2 Å². The first-order chi connectivity index (χ1) is 25.6. The normalized spacial score (nSPS) is 20.9. The second-order valence-electron chi connectivity index (χ2n) is 15.3. The summed E-state index contributed by atoms with van der Waals surface area (Å²) in [6, 6.07) is 14.7. The molecule has 2 aliphatic carbocycles. The summed E-state index contributed by atoms with van der Waals surface area (Å²) in [6.07, 6.45) is 7.38. The molecule has 3 fully saturated rings. The molecule has 1 aromatic heterocycles. The molecule has 4 amide bonds. The second-order valence-corrected chi connectivity index (χ2v) is 15.3. The van der Waals surface area contributed by atoms with Gasteiger partial charge in [-0.15, -0.1) is 0 Å². The monoisotopic (exact) mass is 727 g/mol. The average molecular weight is 728 g/mol. The van der Waals surface area contributed by atoms with Gasteiger partial charge in [-0.25, -0.2) is 4.39 Å². The predicted octanol–water partition coefficient (Wildman–Crippen LogP) is 5.34. The lowest BCUT2D eigenvalue weighted by atomic mass is 9.79. The van der Waals surface area contributed by atoms with Crippen molar-refractivity contribution in [2.75, 3.05) is 31.5 Å². The van der Waals surface area contributed by atoms with E-state index < -0.39 is 35.6 Å². The molecule has 0 unspecified atom stereocenters. The smallest absolute Gasteiger partial charge is 0.270 e. The van der Waals surface area contributed by atoms with Gasteiger partial charge in [0.2, 0.25) is 17.7 Å². The molecule has 0 bridgehead atoms. The Hall–Kier alpha value is -4.58. The van der Waals surface area contributed by atoms with Crippen LogP contribution in [0.25, 0.3) is 0 Å². The zero-order valence-electron chi connectivity index (χ0n) is 31.2. The molecule has 53 heavy (non-hydrogen) atoms. The highest BCUT2D eigenvalue weighted by Gasteiger charge is 2.36. The van der Waals surface area contributed by atoms with Gasteiger partial charge in [0.05, 0.1) is 5.69 Å². The van der Waals surface area contributed by atoms with Crippen molar-refractivity contribution in [2.45, 2.75) is 96.8 Å². The van der Waals surface area contributed by atoms with Gasteiger partial charge in [0.1, 0.15) is 23.6 Å². The van der Waals surface area contributed by atoms with E-state index in [0.717, 1.165) is 45.1 Å². The standard InChI is InChI=1S/C41H54FN7O4/c1-4-49-35(18-19-43-49)39(51)46-38(31-14-10-27(2)11-15-31)40(52)44-34-17-16-32(25-33(34)42)28(3)37(45-36(50)24-29-12-13-29)41(53)48-22-20-47(21-23-48)26-30-8-6-5-7-9-30/h5-9,16-19,25,27-29,31,37-38H,4,10-15,20-24,26H2,1-3H3,(H,44,52)(H,45,50)(H,46,51)/t27-,28-,31-,37+,38-/m0/s1. The highest BCUT2D eigenvalue weighted by Crippen LogP contribution is 2.34. The summed E-state index contributed by atoms with van der Waals surface area (Å²) in [5.74, 6) is -1.62. The van der Waals surface area contributed by atoms with Crippen molar-refractivity contribution in [1.82, 2.24) is 30.2 Å². The van der Waals surface area contributed by atoms with Crippen LogP contribution < -0.4 is 16.0 Å². The lowest BCUT2D eigenvalue weighted by molar-refractivity contribution is -0.138. The SMILES string of the molecule is CCn1nccc1C(=O)N[C@H](C(=O)Nc1ccc([C@H](C)[C@@H](NC(=O)CC2CC2)C(=O)N2CCN(Cc3ccccc3)CC2)cc1F)[C@H]1CC[C@H](C)CC1. The molecule has 0 radical (unpaired) electrons. The van der Waals surface area contributed by atoms with Crippen LogP contribution in [0.2, 0.25) is 0 Å². The highest BCUT2D eigenvalue weighted by molar-refractivity contribution is 6.00. The number of carbonyl (C=O) groups is 4. The van der Waals surface area contributed by atoms with Gasteiger partial charge in [0.25, 0.3) is 5.91 Å². The number of nitrogens with one attached hydrogen (secondary N) is 3. The van der Waals surface area contributed by atoms with Crippen molar-refractivity contribution in [3.8, 4) is 0 Å². The number of nitrogens with zero attached hydrogens (tertiary/aromatic N) is 4. The first-order valence-electron chi connectivity index (χ1n) is 19.4. The predicted molar refractivity (Wildman–Crippen MR) is 201 cm³/mol. The van der Waals surface area contributed by atoms with Gasteiger partial charge in [0, 0.05) is 57.8 Å². The van der Waals surface area contributed by atoms with Crippen LogP contribution in [0, 0.1) is 23.6 Å². The number of hydrogen-bond donors (Lipinski definition) is 3. The highest BCUT2D eigenvalue weighted by atomic mass is 19.1. The van der Waals surface area contributed by atoms with Gasteiger partial charge in [-0.2, -0.15) is 5.10 Å². The zero-order chi connectivity index (χ0) is 37.5. The Labute approximate surface area is 312 Å². The van der Waals surface area contributed by atoms with Gasteiger partial charge in [-0.1, -0.05) is 63.1 Å². The van der Waals surface area contributed by atoms with Crippen molar-refractivity contribution >= 4 is 29.3 Å². The van der Waals surface area contributed by atoms with Crippen LogP contribution in [0.1, 0.15) is 93.3 Å². The molecular weight excluding hydrogens is 673 g/mol. The number of amides is 4. The van der Waals surface area contributed by atoms with Crippen LogP contribution >= 0.6 is 0 Å². The van der Waals surface area contributed by atoms with Gasteiger partial charge >= 0.3 is 0 Å². The summed E-state index contributed by atoms with van der Waals surface area (Å²) in [5, 5.41) is 12.9. The van der Waals surface area contributed by atoms with E-state index in [4.69, 9.17) is 0 Å².